The van der Waals surface area contributed by atoms with Crippen LogP contribution in [0.2, 0.25) is 0 Å². The zero-order chi connectivity index (χ0) is 26.0. The summed E-state index contributed by atoms with van der Waals surface area (Å²) < 4.78 is 0. The minimum atomic E-state index is -2.61. The van der Waals surface area contributed by atoms with Crippen molar-refractivity contribution in [3.63, 3.8) is 0 Å². The second-order valence-electron chi connectivity index (χ2n) is 11.7. The summed E-state index contributed by atoms with van der Waals surface area (Å²) in [6.07, 6.45) is 7.31. The van der Waals surface area contributed by atoms with Gasteiger partial charge in [-0.3, -0.25) is 6.08 Å². The van der Waals surface area contributed by atoms with Crippen LogP contribution in [0.25, 0.3) is 0 Å². The van der Waals surface area contributed by atoms with Gasteiger partial charge >= 0.3 is 0 Å². The number of hydrogen-bond acceptors (Lipinski definition) is 0. The van der Waals surface area contributed by atoms with Crippen LogP contribution in [0.3, 0.4) is 0 Å². The maximum atomic E-state index is 3.96. The molecule has 0 atom stereocenters. The topological polar surface area (TPSA) is 0 Å². The van der Waals surface area contributed by atoms with E-state index in [-0.39, 0.29) is 58.9 Å². The van der Waals surface area contributed by atoms with Crippen LogP contribution in [0.15, 0.2) is 89.6 Å². The van der Waals surface area contributed by atoms with Crippen molar-refractivity contribution in [1.82, 2.24) is 0 Å². The molecule has 3 aromatic rings. The van der Waals surface area contributed by atoms with Crippen molar-refractivity contribution in [2.75, 3.05) is 0 Å². The van der Waals surface area contributed by atoms with Gasteiger partial charge in [0.25, 0.3) is 0 Å². The smallest absolute Gasteiger partial charge is 0.144 e. The summed E-state index contributed by atoms with van der Waals surface area (Å²) in [6, 6.07) is 28.6. The van der Waals surface area contributed by atoms with Gasteiger partial charge in [-0.05, 0) is 50.0 Å². The zero-order valence-corrected chi connectivity index (χ0v) is 30.3. The van der Waals surface area contributed by atoms with Crippen molar-refractivity contribution in [1.29, 1.82) is 0 Å². The van der Waals surface area contributed by atoms with Crippen LogP contribution in [-0.4, -0.2) is 8.07 Å². The molecule has 216 valence electrons. The molecule has 3 aromatic carbocycles. The van der Waals surface area contributed by atoms with Crippen LogP contribution in [0.1, 0.15) is 96.3 Å². The third kappa shape index (κ3) is 7.66. The molecule has 0 bridgehead atoms. The number of halogens is 3. The first-order valence-electron chi connectivity index (χ1n) is 13.8. The van der Waals surface area contributed by atoms with Crippen molar-refractivity contribution in [3.05, 3.63) is 112 Å². The first-order chi connectivity index (χ1) is 17.2. The summed E-state index contributed by atoms with van der Waals surface area (Å²) in [4.78, 5) is 0. The number of rotatable bonds is 8. The molecule has 0 nitrogen and oxygen atoms in total. The molecule has 40 heavy (non-hydrogen) atoms. The SMILES string of the molecule is CC(C)C1=CC[C-]=C1[Si](c1cccc(C(C)C)c1)(c1cccc(C(C)C)c1)c1cccc(C(C)C)c1.Cl.Cl.Cl.[Ti]. The fraction of sp³-hybridized carbons (Fsp3) is 0.371. The van der Waals surface area contributed by atoms with E-state index in [4.69, 9.17) is 0 Å². The van der Waals surface area contributed by atoms with Gasteiger partial charge in [0.05, 0.1) is 0 Å². The molecule has 0 heterocycles. The average molecular weight is 649 g/mol. The molecule has 4 rings (SSSR count). The van der Waals surface area contributed by atoms with Gasteiger partial charge in [0.15, 0.2) is 0 Å². The van der Waals surface area contributed by atoms with E-state index < -0.39 is 8.07 Å². The third-order valence-corrected chi connectivity index (χ3v) is 12.6. The summed E-state index contributed by atoms with van der Waals surface area (Å²) >= 11 is 0. The molecule has 0 radical (unpaired) electrons. The molecule has 0 aromatic heterocycles. The first kappa shape index (κ1) is 38.9. The van der Waals surface area contributed by atoms with Crippen molar-refractivity contribution < 1.29 is 21.7 Å². The molecule has 5 heteroatoms. The molecule has 1 aliphatic rings. The van der Waals surface area contributed by atoms with E-state index in [9.17, 15) is 0 Å². The van der Waals surface area contributed by atoms with Crippen LogP contribution in [0.4, 0.5) is 0 Å². The van der Waals surface area contributed by atoms with E-state index in [1.807, 2.05) is 0 Å². The normalized spacial score (nSPS) is 12.8. The Bertz CT molecular complexity index is 1170. The van der Waals surface area contributed by atoms with E-state index in [0.29, 0.717) is 23.7 Å². The molecule has 0 unspecified atom stereocenters. The number of allylic oxidation sites excluding steroid dienone is 4. The predicted molar refractivity (Wildman–Crippen MR) is 182 cm³/mol. The van der Waals surface area contributed by atoms with Gasteiger partial charge in [0.1, 0.15) is 8.07 Å². The summed E-state index contributed by atoms with van der Waals surface area (Å²) in [6.45, 7) is 18.5. The molecular formula is C35H46Cl3SiTi-. The van der Waals surface area contributed by atoms with Crippen LogP contribution in [-0.2, 0) is 21.7 Å². The minimum absolute atomic E-state index is 0. The monoisotopic (exact) mass is 647 g/mol. The Morgan fingerprint density at radius 2 is 0.900 bits per heavy atom. The molecule has 0 spiro atoms. The van der Waals surface area contributed by atoms with E-state index in [1.54, 1.807) is 0 Å². The van der Waals surface area contributed by atoms with Crippen molar-refractivity contribution in [3.8, 4) is 0 Å². The van der Waals surface area contributed by atoms with Crippen molar-refractivity contribution >= 4 is 60.9 Å². The molecule has 0 amide bonds. The third-order valence-electron chi connectivity index (χ3n) is 7.85. The molecule has 0 fully saturated rings. The summed E-state index contributed by atoms with van der Waals surface area (Å²) in [5.41, 5.74) is 5.73. The van der Waals surface area contributed by atoms with Gasteiger partial charge in [0.2, 0.25) is 0 Å². The van der Waals surface area contributed by atoms with Crippen LogP contribution >= 0.6 is 37.2 Å². The van der Waals surface area contributed by atoms with E-state index >= 15 is 0 Å². The molecule has 1 aliphatic carbocycles. The van der Waals surface area contributed by atoms with Gasteiger partial charge in [-0.25, -0.2) is 5.20 Å². The Morgan fingerprint density at radius 1 is 0.550 bits per heavy atom. The second-order valence-corrected chi connectivity index (χ2v) is 15.4. The van der Waals surface area contributed by atoms with E-state index in [1.165, 1.54) is 43.0 Å². The molecule has 0 saturated heterocycles. The largest absolute Gasteiger partial charge is 0.272 e. The van der Waals surface area contributed by atoms with E-state index in [0.717, 1.165) is 6.42 Å². The van der Waals surface area contributed by atoms with E-state index in [2.05, 4.69) is 140 Å². The average Bonchev–Trinajstić information content (AvgIpc) is 3.36. The zero-order valence-electron chi connectivity index (χ0n) is 25.2. The Balaban J connectivity index is 0.00000380. The van der Waals surface area contributed by atoms with Crippen molar-refractivity contribution in [2.45, 2.75) is 79.6 Å². The maximum Gasteiger partial charge on any atom is 0.144 e. The Kier molecular flexibility index (Phi) is 16.1. The molecule has 0 saturated carbocycles. The van der Waals surface area contributed by atoms with Crippen molar-refractivity contribution in [2.24, 2.45) is 5.92 Å². The summed E-state index contributed by atoms with van der Waals surface area (Å²) in [5.74, 6) is 1.93. The Labute approximate surface area is 278 Å². The number of hydrogen-bond donors (Lipinski definition) is 0. The number of benzene rings is 3. The first-order valence-corrected chi connectivity index (χ1v) is 15.8. The predicted octanol–water partition coefficient (Wildman–Crippen LogP) is 9.04. The van der Waals surface area contributed by atoms with Gasteiger partial charge in [-0.1, -0.05) is 134 Å². The van der Waals surface area contributed by atoms with Gasteiger partial charge in [-0.2, -0.15) is 11.6 Å². The van der Waals surface area contributed by atoms with Crippen LogP contribution < -0.4 is 15.6 Å². The second kappa shape index (κ2) is 16.5. The maximum absolute atomic E-state index is 3.96. The van der Waals surface area contributed by atoms with Gasteiger partial charge in [0, 0.05) is 21.7 Å². The fourth-order valence-electron chi connectivity index (χ4n) is 5.67. The summed E-state index contributed by atoms with van der Waals surface area (Å²) in [7, 11) is -2.61. The Morgan fingerprint density at radius 3 is 1.20 bits per heavy atom. The molecule has 0 N–H and O–H groups in total. The standard InChI is InChI=1S/C35H43Si.3ClH.Ti/c1-24(2)28-13-9-16-31(21-28)36(35-20-12-19-34(35)27(7)8,32-17-10-14-29(22-32)25(3)4)33-18-11-15-30(23-33)26(5)6;;;;/h9-11,13-19,21-27H,12H2,1-8H3;3*1H;/q-1;;;;. The fourth-order valence-corrected chi connectivity index (χ4v) is 10.9. The van der Waals surface area contributed by atoms with Gasteiger partial charge < -0.3 is 0 Å². The quantitative estimate of drug-likeness (QED) is 0.130. The van der Waals surface area contributed by atoms with Crippen LogP contribution in [0.5, 0.6) is 0 Å². The molecule has 0 aliphatic heterocycles. The van der Waals surface area contributed by atoms with Gasteiger partial charge in [-0.15, -0.1) is 43.6 Å². The minimum Gasteiger partial charge on any atom is -0.272 e. The summed E-state index contributed by atoms with van der Waals surface area (Å²) in [5, 5.41) is 5.91. The Hall–Kier alpha value is -1.06. The van der Waals surface area contributed by atoms with Crippen LogP contribution in [0, 0.1) is 12.0 Å². The molecular weight excluding hydrogens is 603 g/mol.